The molecule has 0 aliphatic carbocycles. The molecule has 1 aliphatic rings. The minimum absolute atomic E-state index is 0.160. The first-order valence-electron chi connectivity index (χ1n) is 7.84. The van der Waals surface area contributed by atoms with Gasteiger partial charge in [-0.05, 0) is 36.4 Å². The first kappa shape index (κ1) is 15.1. The average molecular weight is 334 g/mol. The molecule has 0 bridgehead atoms. The van der Waals surface area contributed by atoms with E-state index < -0.39 is 0 Å². The first-order chi connectivity index (χ1) is 12.1. The molecule has 4 rings (SSSR count). The Balaban J connectivity index is 1.45. The maximum Gasteiger partial charge on any atom is 0.261 e. The van der Waals surface area contributed by atoms with Crippen molar-refractivity contribution >= 4 is 22.7 Å². The standard InChI is InChI=1S/C19H14N2O4/c22-17-8-5-12-11-13(6-7-16(12)20-17)25-10-9-21-18(23)14-3-1-2-4-15(14)19(21)24/h1-8,11H,9-10H2,(H,20,22). The van der Waals surface area contributed by atoms with Crippen LogP contribution in [0.5, 0.6) is 5.75 Å². The number of pyridine rings is 1. The van der Waals surface area contributed by atoms with Gasteiger partial charge in [0.25, 0.3) is 11.8 Å². The highest BCUT2D eigenvalue weighted by Gasteiger charge is 2.34. The number of aromatic amines is 1. The Labute approximate surface area is 142 Å². The minimum Gasteiger partial charge on any atom is -0.492 e. The van der Waals surface area contributed by atoms with Gasteiger partial charge >= 0.3 is 0 Å². The number of carbonyl (C=O) groups excluding carboxylic acids is 2. The van der Waals surface area contributed by atoms with Gasteiger partial charge in [0.1, 0.15) is 12.4 Å². The lowest BCUT2D eigenvalue weighted by Gasteiger charge is -2.14. The lowest BCUT2D eigenvalue weighted by atomic mass is 10.1. The third-order valence-corrected chi connectivity index (χ3v) is 4.16. The zero-order chi connectivity index (χ0) is 17.4. The van der Waals surface area contributed by atoms with Gasteiger partial charge in [-0.3, -0.25) is 19.3 Å². The van der Waals surface area contributed by atoms with Crippen molar-refractivity contribution in [2.24, 2.45) is 0 Å². The number of amides is 2. The van der Waals surface area contributed by atoms with Crippen molar-refractivity contribution in [3.05, 3.63) is 76.1 Å². The SMILES string of the molecule is O=C1c2ccccc2C(=O)N1CCOc1ccc2[nH]c(=O)ccc2c1. The number of rotatable bonds is 4. The summed E-state index contributed by atoms with van der Waals surface area (Å²) >= 11 is 0. The van der Waals surface area contributed by atoms with Crippen molar-refractivity contribution in [2.45, 2.75) is 0 Å². The van der Waals surface area contributed by atoms with Crippen LogP contribution in [0, 0.1) is 0 Å². The number of carbonyl (C=O) groups is 2. The summed E-state index contributed by atoms with van der Waals surface area (Å²) in [4.78, 5) is 39.8. The van der Waals surface area contributed by atoms with E-state index in [1.807, 2.05) is 0 Å². The normalized spacial score (nSPS) is 13.4. The molecule has 0 unspecified atom stereocenters. The smallest absolute Gasteiger partial charge is 0.261 e. The van der Waals surface area contributed by atoms with E-state index in [2.05, 4.69) is 4.98 Å². The van der Waals surface area contributed by atoms with Gasteiger partial charge in [0.2, 0.25) is 5.56 Å². The highest BCUT2D eigenvalue weighted by atomic mass is 16.5. The number of nitrogens with zero attached hydrogens (tertiary/aromatic N) is 1. The van der Waals surface area contributed by atoms with Gasteiger partial charge in [-0.1, -0.05) is 12.1 Å². The molecule has 0 saturated heterocycles. The number of fused-ring (bicyclic) bond motifs is 2. The zero-order valence-electron chi connectivity index (χ0n) is 13.2. The average Bonchev–Trinajstić information content (AvgIpc) is 2.87. The van der Waals surface area contributed by atoms with Gasteiger partial charge < -0.3 is 9.72 Å². The van der Waals surface area contributed by atoms with Gasteiger partial charge in [0.05, 0.1) is 17.7 Å². The van der Waals surface area contributed by atoms with E-state index in [1.54, 1.807) is 48.5 Å². The Hall–Kier alpha value is -3.41. The Morgan fingerprint density at radius 3 is 2.32 bits per heavy atom. The highest BCUT2D eigenvalue weighted by molar-refractivity contribution is 6.21. The molecule has 6 nitrogen and oxygen atoms in total. The summed E-state index contributed by atoms with van der Waals surface area (Å²) in [6.45, 7) is 0.371. The van der Waals surface area contributed by atoms with E-state index in [-0.39, 0.29) is 30.5 Å². The van der Waals surface area contributed by atoms with Crippen LogP contribution in [0.3, 0.4) is 0 Å². The van der Waals surface area contributed by atoms with Crippen molar-refractivity contribution in [1.82, 2.24) is 9.88 Å². The minimum atomic E-state index is -0.291. The van der Waals surface area contributed by atoms with Crippen LogP contribution < -0.4 is 10.3 Å². The lowest BCUT2D eigenvalue weighted by Crippen LogP contribution is -2.33. The van der Waals surface area contributed by atoms with Crippen LogP contribution in [0.25, 0.3) is 10.9 Å². The van der Waals surface area contributed by atoms with E-state index in [4.69, 9.17) is 4.74 Å². The van der Waals surface area contributed by atoms with Crippen LogP contribution in [-0.4, -0.2) is 34.8 Å². The zero-order valence-corrected chi connectivity index (χ0v) is 13.2. The molecule has 0 radical (unpaired) electrons. The highest BCUT2D eigenvalue weighted by Crippen LogP contribution is 2.22. The number of nitrogens with one attached hydrogen (secondary N) is 1. The summed E-state index contributed by atoms with van der Waals surface area (Å²) in [5.74, 6) is 0.0248. The molecule has 0 saturated carbocycles. The summed E-state index contributed by atoms with van der Waals surface area (Å²) in [6.07, 6.45) is 0. The topological polar surface area (TPSA) is 79.5 Å². The van der Waals surface area contributed by atoms with Crippen LogP contribution in [-0.2, 0) is 0 Å². The number of benzene rings is 2. The Morgan fingerprint density at radius 2 is 1.60 bits per heavy atom. The van der Waals surface area contributed by atoms with E-state index in [9.17, 15) is 14.4 Å². The molecule has 0 atom stereocenters. The van der Waals surface area contributed by atoms with Crippen molar-refractivity contribution in [3.8, 4) is 5.75 Å². The van der Waals surface area contributed by atoms with Crippen LogP contribution in [0.15, 0.2) is 59.4 Å². The Morgan fingerprint density at radius 1 is 0.880 bits per heavy atom. The molecule has 3 aromatic rings. The number of aromatic nitrogens is 1. The summed E-state index contributed by atoms with van der Waals surface area (Å²) in [6, 6.07) is 15.2. The van der Waals surface area contributed by atoms with Crippen molar-refractivity contribution < 1.29 is 14.3 Å². The number of imide groups is 1. The molecule has 0 spiro atoms. The molecular formula is C19H14N2O4. The number of hydrogen-bond acceptors (Lipinski definition) is 4. The Kier molecular flexibility index (Phi) is 3.57. The van der Waals surface area contributed by atoms with Crippen LogP contribution in [0.4, 0.5) is 0 Å². The van der Waals surface area contributed by atoms with Gasteiger partial charge in [-0.15, -0.1) is 0 Å². The van der Waals surface area contributed by atoms with E-state index in [0.29, 0.717) is 16.9 Å². The summed E-state index contributed by atoms with van der Waals surface area (Å²) in [5, 5.41) is 0.845. The third-order valence-electron chi connectivity index (χ3n) is 4.16. The predicted molar refractivity (Wildman–Crippen MR) is 91.9 cm³/mol. The monoisotopic (exact) mass is 334 g/mol. The fourth-order valence-corrected chi connectivity index (χ4v) is 2.92. The van der Waals surface area contributed by atoms with Gasteiger partial charge in [0.15, 0.2) is 0 Å². The van der Waals surface area contributed by atoms with Gasteiger partial charge in [0, 0.05) is 17.0 Å². The molecule has 25 heavy (non-hydrogen) atoms. The molecule has 1 aliphatic heterocycles. The number of hydrogen-bond donors (Lipinski definition) is 1. The molecule has 2 heterocycles. The van der Waals surface area contributed by atoms with Gasteiger partial charge in [-0.2, -0.15) is 0 Å². The lowest BCUT2D eigenvalue weighted by molar-refractivity contribution is 0.0631. The molecular weight excluding hydrogens is 320 g/mol. The molecule has 2 aromatic carbocycles. The number of H-pyrrole nitrogens is 1. The molecule has 0 fully saturated rings. The van der Waals surface area contributed by atoms with Crippen molar-refractivity contribution in [1.29, 1.82) is 0 Å². The van der Waals surface area contributed by atoms with Gasteiger partial charge in [-0.25, -0.2) is 0 Å². The fourth-order valence-electron chi connectivity index (χ4n) is 2.92. The van der Waals surface area contributed by atoms with Crippen LogP contribution >= 0.6 is 0 Å². The summed E-state index contributed by atoms with van der Waals surface area (Å²) in [7, 11) is 0. The predicted octanol–water partition coefficient (Wildman–Crippen LogP) is 2.20. The maximum absolute atomic E-state index is 12.3. The molecule has 124 valence electrons. The molecule has 1 N–H and O–H groups in total. The van der Waals surface area contributed by atoms with E-state index in [1.165, 1.54) is 11.0 Å². The summed E-state index contributed by atoms with van der Waals surface area (Å²) in [5.41, 5.74) is 1.43. The maximum atomic E-state index is 12.3. The quantitative estimate of drug-likeness (QED) is 0.742. The van der Waals surface area contributed by atoms with Crippen LogP contribution in [0.2, 0.25) is 0 Å². The Bertz CT molecular complexity index is 1020. The van der Waals surface area contributed by atoms with E-state index in [0.717, 1.165) is 10.9 Å². The summed E-state index contributed by atoms with van der Waals surface area (Å²) < 4.78 is 5.66. The molecule has 6 heteroatoms. The first-order valence-corrected chi connectivity index (χ1v) is 7.84. The van der Waals surface area contributed by atoms with Crippen LogP contribution in [0.1, 0.15) is 20.7 Å². The second-order valence-electron chi connectivity index (χ2n) is 5.73. The van der Waals surface area contributed by atoms with E-state index >= 15 is 0 Å². The van der Waals surface area contributed by atoms with Crippen molar-refractivity contribution in [2.75, 3.05) is 13.2 Å². The molecule has 1 aromatic heterocycles. The third kappa shape index (κ3) is 2.67. The fraction of sp³-hybridized carbons (Fsp3) is 0.105. The van der Waals surface area contributed by atoms with Crippen molar-refractivity contribution in [3.63, 3.8) is 0 Å². The number of ether oxygens (including phenoxy) is 1. The second kappa shape index (κ2) is 5.90. The molecule has 2 amide bonds. The largest absolute Gasteiger partial charge is 0.492 e. The second-order valence-corrected chi connectivity index (χ2v) is 5.73.